The van der Waals surface area contributed by atoms with E-state index in [4.69, 9.17) is 10.5 Å². The molecule has 0 spiro atoms. The molecule has 0 amide bonds. The molecule has 1 atom stereocenters. The fraction of sp³-hybridized carbons (Fsp3) is 0.333. The lowest BCUT2D eigenvalue weighted by Gasteiger charge is -2.17. The van der Waals surface area contributed by atoms with Gasteiger partial charge in [-0.3, -0.25) is 0 Å². The summed E-state index contributed by atoms with van der Waals surface area (Å²) in [6.07, 6.45) is 0.932. The normalized spacial score (nSPS) is 12.2. The molecule has 112 valence electrons. The van der Waals surface area contributed by atoms with Crippen LogP contribution in [0.15, 0.2) is 40.9 Å². The van der Waals surface area contributed by atoms with Gasteiger partial charge < -0.3 is 10.5 Å². The molecule has 0 aliphatic carbocycles. The number of hydrogen-bond donors (Lipinski definition) is 1. The SMILES string of the molecule is COc1ccc(CC(CN)c2ccc(C)c(C)c2)cc1Br. The minimum atomic E-state index is 0.338. The molecule has 2 nitrogen and oxygen atoms in total. The van der Waals surface area contributed by atoms with Crippen LogP contribution in [0.25, 0.3) is 0 Å². The van der Waals surface area contributed by atoms with Gasteiger partial charge in [-0.25, -0.2) is 0 Å². The van der Waals surface area contributed by atoms with E-state index in [9.17, 15) is 0 Å². The molecule has 1 unspecified atom stereocenters. The zero-order valence-corrected chi connectivity index (χ0v) is 14.4. The summed E-state index contributed by atoms with van der Waals surface area (Å²) in [6.45, 7) is 4.93. The summed E-state index contributed by atoms with van der Waals surface area (Å²) >= 11 is 3.54. The number of nitrogens with two attached hydrogens (primary N) is 1. The molecule has 21 heavy (non-hydrogen) atoms. The van der Waals surface area contributed by atoms with Crippen molar-refractivity contribution in [3.8, 4) is 5.75 Å². The molecule has 0 heterocycles. The third kappa shape index (κ3) is 3.86. The second-order valence-electron chi connectivity index (χ2n) is 5.45. The highest BCUT2D eigenvalue weighted by Crippen LogP contribution is 2.28. The highest BCUT2D eigenvalue weighted by molar-refractivity contribution is 9.10. The van der Waals surface area contributed by atoms with Crippen LogP contribution in [0, 0.1) is 13.8 Å². The van der Waals surface area contributed by atoms with Crippen LogP contribution in [-0.4, -0.2) is 13.7 Å². The smallest absolute Gasteiger partial charge is 0.133 e. The molecule has 0 bridgehead atoms. The van der Waals surface area contributed by atoms with Crippen molar-refractivity contribution in [2.24, 2.45) is 5.73 Å². The largest absolute Gasteiger partial charge is 0.496 e. The summed E-state index contributed by atoms with van der Waals surface area (Å²) in [5.41, 5.74) is 11.2. The Morgan fingerprint density at radius 2 is 1.86 bits per heavy atom. The van der Waals surface area contributed by atoms with Gasteiger partial charge in [0.2, 0.25) is 0 Å². The first-order valence-corrected chi connectivity index (χ1v) is 7.94. The van der Waals surface area contributed by atoms with Crippen molar-refractivity contribution >= 4 is 15.9 Å². The van der Waals surface area contributed by atoms with Crippen molar-refractivity contribution in [3.05, 3.63) is 63.1 Å². The van der Waals surface area contributed by atoms with E-state index >= 15 is 0 Å². The second kappa shape index (κ2) is 7.10. The van der Waals surface area contributed by atoms with Gasteiger partial charge in [0.25, 0.3) is 0 Å². The van der Waals surface area contributed by atoms with Crippen LogP contribution in [-0.2, 0) is 6.42 Å². The molecule has 0 radical (unpaired) electrons. The molecule has 0 fully saturated rings. The number of methoxy groups -OCH3 is 1. The summed E-state index contributed by atoms with van der Waals surface area (Å²) in [5, 5.41) is 0. The zero-order chi connectivity index (χ0) is 15.4. The van der Waals surface area contributed by atoms with E-state index < -0.39 is 0 Å². The average Bonchev–Trinajstić information content (AvgIpc) is 2.48. The molecular formula is C18H22BrNO. The zero-order valence-electron chi connectivity index (χ0n) is 12.8. The number of halogens is 1. The summed E-state index contributed by atoms with van der Waals surface area (Å²) in [7, 11) is 1.68. The van der Waals surface area contributed by atoms with Gasteiger partial charge in [0.05, 0.1) is 11.6 Å². The van der Waals surface area contributed by atoms with E-state index in [0.29, 0.717) is 12.5 Å². The van der Waals surface area contributed by atoms with Gasteiger partial charge in [-0.2, -0.15) is 0 Å². The maximum absolute atomic E-state index is 6.00. The second-order valence-corrected chi connectivity index (χ2v) is 6.30. The van der Waals surface area contributed by atoms with Crippen LogP contribution in [0.5, 0.6) is 5.75 Å². The van der Waals surface area contributed by atoms with Crippen molar-refractivity contribution in [2.45, 2.75) is 26.2 Å². The topological polar surface area (TPSA) is 35.2 Å². The van der Waals surface area contributed by atoms with Gasteiger partial charge >= 0.3 is 0 Å². The highest BCUT2D eigenvalue weighted by Gasteiger charge is 2.12. The first kappa shape index (κ1) is 16.1. The van der Waals surface area contributed by atoms with Crippen molar-refractivity contribution in [1.29, 1.82) is 0 Å². The number of hydrogen-bond acceptors (Lipinski definition) is 2. The number of rotatable bonds is 5. The van der Waals surface area contributed by atoms with Crippen LogP contribution in [0.4, 0.5) is 0 Å². The first-order chi connectivity index (χ1) is 10.0. The monoisotopic (exact) mass is 347 g/mol. The molecule has 0 aliphatic rings. The van der Waals surface area contributed by atoms with Crippen molar-refractivity contribution < 1.29 is 4.74 Å². The predicted molar refractivity (Wildman–Crippen MR) is 92.1 cm³/mol. The van der Waals surface area contributed by atoms with E-state index in [1.165, 1.54) is 22.3 Å². The fourth-order valence-corrected chi connectivity index (χ4v) is 3.07. The molecule has 2 aromatic rings. The third-order valence-corrected chi connectivity index (χ3v) is 4.60. The van der Waals surface area contributed by atoms with Gasteiger partial charge in [-0.05, 0) is 77.1 Å². The van der Waals surface area contributed by atoms with Crippen molar-refractivity contribution in [2.75, 3.05) is 13.7 Å². The van der Waals surface area contributed by atoms with Gasteiger partial charge in [-0.1, -0.05) is 24.3 Å². The van der Waals surface area contributed by atoms with Gasteiger partial charge in [0.15, 0.2) is 0 Å². The van der Waals surface area contributed by atoms with E-state index in [-0.39, 0.29) is 0 Å². The van der Waals surface area contributed by atoms with Crippen molar-refractivity contribution in [1.82, 2.24) is 0 Å². The van der Waals surface area contributed by atoms with Crippen LogP contribution >= 0.6 is 15.9 Å². The summed E-state index contributed by atoms with van der Waals surface area (Å²) in [6, 6.07) is 12.8. The van der Waals surface area contributed by atoms with Crippen LogP contribution in [0.2, 0.25) is 0 Å². The first-order valence-electron chi connectivity index (χ1n) is 7.14. The Morgan fingerprint density at radius 1 is 1.10 bits per heavy atom. The summed E-state index contributed by atoms with van der Waals surface area (Å²) < 4.78 is 6.26. The van der Waals surface area contributed by atoms with Gasteiger partial charge in [-0.15, -0.1) is 0 Å². The lowest BCUT2D eigenvalue weighted by Crippen LogP contribution is -2.15. The highest BCUT2D eigenvalue weighted by atomic mass is 79.9. The third-order valence-electron chi connectivity index (χ3n) is 3.99. The minimum absolute atomic E-state index is 0.338. The average molecular weight is 348 g/mol. The lowest BCUT2D eigenvalue weighted by atomic mass is 9.90. The van der Waals surface area contributed by atoms with Gasteiger partial charge in [0, 0.05) is 5.92 Å². The molecule has 2 N–H and O–H groups in total. The Kier molecular flexibility index (Phi) is 5.43. The Labute approximate surface area is 135 Å². The molecule has 2 rings (SSSR count). The molecule has 0 aliphatic heterocycles. The Bertz CT molecular complexity index is 625. The molecule has 2 aromatic carbocycles. The summed E-state index contributed by atoms with van der Waals surface area (Å²) in [5.74, 6) is 1.19. The Morgan fingerprint density at radius 3 is 2.43 bits per heavy atom. The molecule has 0 saturated heterocycles. The lowest BCUT2D eigenvalue weighted by molar-refractivity contribution is 0.412. The fourth-order valence-electron chi connectivity index (χ4n) is 2.48. The van der Waals surface area contributed by atoms with Crippen LogP contribution in [0.3, 0.4) is 0 Å². The summed E-state index contributed by atoms with van der Waals surface area (Å²) in [4.78, 5) is 0. The van der Waals surface area contributed by atoms with E-state index in [1.54, 1.807) is 7.11 Å². The standard InChI is InChI=1S/C18H22BrNO/c1-12-4-6-15(8-13(12)2)16(11-20)9-14-5-7-18(21-3)17(19)10-14/h4-8,10,16H,9,11,20H2,1-3H3. The number of ether oxygens (including phenoxy) is 1. The Balaban J connectivity index is 2.22. The van der Waals surface area contributed by atoms with E-state index in [1.807, 2.05) is 6.07 Å². The molecule has 0 aromatic heterocycles. The molecule has 3 heteroatoms. The predicted octanol–water partition coefficient (Wildman–Crippen LogP) is 4.36. The van der Waals surface area contributed by atoms with Crippen LogP contribution in [0.1, 0.15) is 28.2 Å². The molecule has 0 saturated carbocycles. The maximum Gasteiger partial charge on any atom is 0.133 e. The quantitative estimate of drug-likeness (QED) is 0.871. The van der Waals surface area contributed by atoms with E-state index in [2.05, 4.69) is 60.1 Å². The molecular weight excluding hydrogens is 326 g/mol. The van der Waals surface area contributed by atoms with E-state index in [0.717, 1.165) is 16.6 Å². The van der Waals surface area contributed by atoms with Crippen molar-refractivity contribution in [3.63, 3.8) is 0 Å². The Hall–Kier alpha value is -1.32. The minimum Gasteiger partial charge on any atom is -0.496 e. The number of benzene rings is 2. The van der Waals surface area contributed by atoms with Crippen LogP contribution < -0.4 is 10.5 Å². The maximum atomic E-state index is 6.00. The van der Waals surface area contributed by atoms with Gasteiger partial charge in [0.1, 0.15) is 5.75 Å². The number of aryl methyl sites for hydroxylation is 2.